The van der Waals surface area contributed by atoms with E-state index in [0.29, 0.717) is 13.1 Å². The highest BCUT2D eigenvalue weighted by molar-refractivity contribution is 5.68. The van der Waals surface area contributed by atoms with Gasteiger partial charge in [-0.05, 0) is 27.2 Å². The quantitative estimate of drug-likeness (QED) is 0.729. The molecule has 5 nitrogen and oxygen atoms in total. The molecule has 1 aliphatic rings. The van der Waals surface area contributed by atoms with Crippen LogP contribution in [-0.4, -0.2) is 48.9 Å². The SMILES string of the molecule is CO[C@@H]1CCN(C(=O)OC(C)(C)C)C[C@@H]1N. The van der Waals surface area contributed by atoms with Crippen molar-refractivity contribution in [2.45, 2.75) is 44.9 Å². The fourth-order valence-corrected chi connectivity index (χ4v) is 1.75. The molecule has 1 fully saturated rings. The number of methoxy groups -OCH3 is 1. The van der Waals surface area contributed by atoms with Crippen molar-refractivity contribution < 1.29 is 14.3 Å². The Kier molecular flexibility index (Phi) is 4.15. The smallest absolute Gasteiger partial charge is 0.410 e. The number of amides is 1. The molecule has 0 aliphatic carbocycles. The number of carbonyl (C=O) groups is 1. The summed E-state index contributed by atoms with van der Waals surface area (Å²) in [5.41, 5.74) is 5.45. The van der Waals surface area contributed by atoms with Crippen LogP contribution >= 0.6 is 0 Å². The summed E-state index contributed by atoms with van der Waals surface area (Å²) in [4.78, 5) is 13.4. The van der Waals surface area contributed by atoms with Crippen LogP contribution in [0.3, 0.4) is 0 Å². The molecular weight excluding hydrogens is 208 g/mol. The molecule has 0 bridgehead atoms. The molecule has 0 aromatic heterocycles. The molecule has 5 heteroatoms. The largest absolute Gasteiger partial charge is 0.444 e. The van der Waals surface area contributed by atoms with Crippen molar-refractivity contribution in [3.8, 4) is 0 Å². The average molecular weight is 230 g/mol. The third-order valence-electron chi connectivity index (χ3n) is 2.55. The highest BCUT2D eigenvalue weighted by Crippen LogP contribution is 2.16. The van der Waals surface area contributed by atoms with Gasteiger partial charge in [-0.2, -0.15) is 0 Å². The number of ether oxygens (including phenoxy) is 2. The lowest BCUT2D eigenvalue weighted by molar-refractivity contribution is -0.00573. The van der Waals surface area contributed by atoms with Gasteiger partial charge in [-0.3, -0.25) is 0 Å². The second-order valence-corrected chi connectivity index (χ2v) is 5.15. The summed E-state index contributed by atoms with van der Waals surface area (Å²) in [5.74, 6) is 0. The van der Waals surface area contributed by atoms with E-state index >= 15 is 0 Å². The number of nitrogens with two attached hydrogens (primary N) is 1. The van der Waals surface area contributed by atoms with Crippen molar-refractivity contribution in [3.63, 3.8) is 0 Å². The maximum absolute atomic E-state index is 11.8. The second-order valence-electron chi connectivity index (χ2n) is 5.15. The lowest BCUT2D eigenvalue weighted by Gasteiger charge is -2.36. The van der Waals surface area contributed by atoms with Gasteiger partial charge < -0.3 is 20.1 Å². The van der Waals surface area contributed by atoms with Crippen LogP contribution in [0.4, 0.5) is 4.79 Å². The molecule has 1 amide bonds. The summed E-state index contributed by atoms with van der Waals surface area (Å²) < 4.78 is 10.5. The number of nitrogens with zero attached hydrogens (tertiary/aromatic N) is 1. The van der Waals surface area contributed by atoms with Crippen LogP contribution in [0.1, 0.15) is 27.2 Å². The van der Waals surface area contributed by atoms with E-state index in [1.165, 1.54) is 0 Å². The first-order valence-electron chi connectivity index (χ1n) is 5.60. The molecule has 1 heterocycles. The van der Waals surface area contributed by atoms with Gasteiger partial charge in [-0.1, -0.05) is 0 Å². The van der Waals surface area contributed by atoms with E-state index in [9.17, 15) is 4.79 Å². The molecule has 1 aliphatic heterocycles. The van der Waals surface area contributed by atoms with Gasteiger partial charge in [0, 0.05) is 26.2 Å². The van der Waals surface area contributed by atoms with Crippen LogP contribution in [0.15, 0.2) is 0 Å². The lowest BCUT2D eigenvalue weighted by Crippen LogP contribution is -2.54. The monoisotopic (exact) mass is 230 g/mol. The van der Waals surface area contributed by atoms with E-state index in [0.717, 1.165) is 6.42 Å². The molecule has 16 heavy (non-hydrogen) atoms. The lowest BCUT2D eigenvalue weighted by atomic mass is 10.0. The topological polar surface area (TPSA) is 64.8 Å². The summed E-state index contributed by atoms with van der Waals surface area (Å²) in [5, 5.41) is 0. The summed E-state index contributed by atoms with van der Waals surface area (Å²) >= 11 is 0. The van der Waals surface area contributed by atoms with Crippen LogP contribution in [-0.2, 0) is 9.47 Å². The van der Waals surface area contributed by atoms with E-state index < -0.39 is 5.60 Å². The third kappa shape index (κ3) is 3.64. The van der Waals surface area contributed by atoms with Gasteiger partial charge in [-0.15, -0.1) is 0 Å². The third-order valence-corrected chi connectivity index (χ3v) is 2.55. The Morgan fingerprint density at radius 1 is 1.44 bits per heavy atom. The maximum Gasteiger partial charge on any atom is 0.410 e. The number of hydrogen-bond acceptors (Lipinski definition) is 4. The van der Waals surface area contributed by atoms with E-state index in [1.54, 1.807) is 12.0 Å². The summed E-state index contributed by atoms with van der Waals surface area (Å²) in [6, 6.07) is -0.133. The van der Waals surface area contributed by atoms with Gasteiger partial charge in [-0.25, -0.2) is 4.79 Å². The first-order chi connectivity index (χ1) is 7.33. The Hall–Kier alpha value is -0.810. The molecule has 2 atom stereocenters. The van der Waals surface area contributed by atoms with Crippen molar-refractivity contribution in [2.75, 3.05) is 20.2 Å². The van der Waals surface area contributed by atoms with Gasteiger partial charge >= 0.3 is 6.09 Å². The van der Waals surface area contributed by atoms with E-state index in [4.69, 9.17) is 15.2 Å². The highest BCUT2D eigenvalue weighted by Gasteiger charge is 2.31. The fraction of sp³-hybridized carbons (Fsp3) is 0.909. The molecule has 0 aromatic rings. The molecule has 0 saturated carbocycles. The van der Waals surface area contributed by atoms with Crippen LogP contribution in [0.25, 0.3) is 0 Å². The van der Waals surface area contributed by atoms with Gasteiger partial charge in [0.25, 0.3) is 0 Å². The number of carbonyl (C=O) groups excluding carboxylic acids is 1. The Balaban J connectivity index is 2.48. The predicted octanol–water partition coefficient (Wildman–Crippen LogP) is 0.970. The average Bonchev–Trinajstić information content (AvgIpc) is 2.15. The van der Waals surface area contributed by atoms with Gasteiger partial charge in [0.1, 0.15) is 5.60 Å². The van der Waals surface area contributed by atoms with Crippen molar-refractivity contribution in [1.82, 2.24) is 4.90 Å². The van der Waals surface area contributed by atoms with Crippen LogP contribution in [0.2, 0.25) is 0 Å². The first kappa shape index (κ1) is 13.3. The Morgan fingerprint density at radius 3 is 2.50 bits per heavy atom. The second kappa shape index (κ2) is 5.01. The predicted molar refractivity (Wildman–Crippen MR) is 61.2 cm³/mol. The minimum Gasteiger partial charge on any atom is -0.444 e. The molecule has 0 unspecified atom stereocenters. The van der Waals surface area contributed by atoms with Crippen LogP contribution in [0, 0.1) is 0 Å². The van der Waals surface area contributed by atoms with E-state index in [2.05, 4.69) is 0 Å². The number of rotatable bonds is 1. The zero-order valence-electron chi connectivity index (χ0n) is 10.5. The Morgan fingerprint density at radius 2 is 2.06 bits per heavy atom. The normalized spacial score (nSPS) is 26.7. The maximum atomic E-state index is 11.8. The molecule has 0 spiro atoms. The number of piperidine rings is 1. The summed E-state index contributed by atoms with van der Waals surface area (Å²) in [6.07, 6.45) is 0.507. The van der Waals surface area contributed by atoms with Gasteiger partial charge in [0.15, 0.2) is 0 Å². The van der Waals surface area contributed by atoms with E-state index in [1.807, 2.05) is 20.8 Å². The van der Waals surface area contributed by atoms with Crippen molar-refractivity contribution >= 4 is 6.09 Å². The Bertz CT molecular complexity index is 250. The zero-order valence-corrected chi connectivity index (χ0v) is 10.5. The Labute approximate surface area is 96.9 Å². The van der Waals surface area contributed by atoms with Gasteiger partial charge in [0.05, 0.1) is 6.10 Å². The highest BCUT2D eigenvalue weighted by atomic mass is 16.6. The molecule has 1 saturated heterocycles. The molecule has 0 aromatic carbocycles. The van der Waals surface area contributed by atoms with E-state index in [-0.39, 0.29) is 18.2 Å². The molecular formula is C11H22N2O3. The summed E-state index contributed by atoms with van der Waals surface area (Å²) in [7, 11) is 1.65. The number of hydrogen-bond donors (Lipinski definition) is 1. The summed E-state index contributed by atoms with van der Waals surface area (Å²) in [6.45, 7) is 6.70. The number of likely N-dealkylation sites (tertiary alicyclic amines) is 1. The zero-order chi connectivity index (χ0) is 12.3. The van der Waals surface area contributed by atoms with Gasteiger partial charge in [0.2, 0.25) is 0 Å². The molecule has 2 N–H and O–H groups in total. The van der Waals surface area contributed by atoms with Crippen molar-refractivity contribution in [1.29, 1.82) is 0 Å². The van der Waals surface area contributed by atoms with Crippen molar-refractivity contribution in [2.24, 2.45) is 5.73 Å². The fourth-order valence-electron chi connectivity index (χ4n) is 1.75. The van der Waals surface area contributed by atoms with Crippen LogP contribution < -0.4 is 5.73 Å². The minimum absolute atomic E-state index is 0.0405. The first-order valence-corrected chi connectivity index (χ1v) is 5.60. The minimum atomic E-state index is -0.459. The molecule has 94 valence electrons. The van der Waals surface area contributed by atoms with Crippen LogP contribution in [0.5, 0.6) is 0 Å². The standard InChI is InChI=1S/C11H22N2O3/c1-11(2,3)16-10(14)13-6-5-9(15-4)8(12)7-13/h8-9H,5-7,12H2,1-4H3/t8-,9+/m0/s1. The van der Waals surface area contributed by atoms with Crippen molar-refractivity contribution in [3.05, 3.63) is 0 Å². The molecule has 1 rings (SSSR count). The molecule has 0 radical (unpaired) electrons.